The van der Waals surface area contributed by atoms with E-state index in [1.807, 2.05) is 0 Å². The van der Waals surface area contributed by atoms with Crippen molar-refractivity contribution in [2.45, 2.75) is 12.5 Å². The maximum atomic E-state index is 3.62. The van der Waals surface area contributed by atoms with E-state index in [2.05, 4.69) is 74.8 Å². The van der Waals surface area contributed by atoms with Gasteiger partial charge in [0, 0.05) is 27.6 Å². The molecule has 0 fully saturated rings. The van der Waals surface area contributed by atoms with Crippen molar-refractivity contribution in [2.24, 2.45) is 0 Å². The molecule has 1 aliphatic rings. The number of halogens is 1. The molecule has 0 amide bonds. The average molecular weight is 327 g/mol. The summed E-state index contributed by atoms with van der Waals surface area (Å²) in [7, 11) is 0. The Bertz CT molecular complexity index is 761. The highest BCUT2D eigenvalue weighted by molar-refractivity contribution is 9.10. The van der Waals surface area contributed by atoms with Crippen molar-refractivity contribution < 1.29 is 0 Å². The summed E-state index contributed by atoms with van der Waals surface area (Å²) in [5.74, 6) is 0. The molecule has 1 aromatic heterocycles. The van der Waals surface area contributed by atoms with Gasteiger partial charge in [-0.3, -0.25) is 0 Å². The zero-order chi connectivity index (χ0) is 13.5. The minimum Gasteiger partial charge on any atom is -0.357 e. The molecule has 1 unspecified atom stereocenters. The third-order valence-corrected chi connectivity index (χ3v) is 4.54. The predicted molar refractivity (Wildman–Crippen MR) is 86.0 cm³/mol. The fraction of sp³-hybridized carbons (Fsp3) is 0.176. The topological polar surface area (TPSA) is 27.8 Å². The first-order chi connectivity index (χ1) is 9.83. The summed E-state index contributed by atoms with van der Waals surface area (Å²) < 4.78 is 1.14. The molecule has 1 atom stereocenters. The molecule has 4 rings (SSSR count). The van der Waals surface area contributed by atoms with Crippen LogP contribution in [-0.2, 0) is 6.42 Å². The summed E-state index contributed by atoms with van der Waals surface area (Å²) in [5, 5.41) is 4.97. The molecular weight excluding hydrogens is 312 g/mol. The van der Waals surface area contributed by atoms with E-state index < -0.39 is 0 Å². The Kier molecular flexibility index (Phi) is 2.90. The Labute approximate surface area is 126 Å². The molecule has 2 heterocycles. The van der Waals surface area contributed by atoms with E-state index >= 15 is 0 Å². The summed E-state index contributed by atoms with van der Waals surface area (Å²) in [5.41, 5.74) is 5.31. The van der Waals surface area contributed by atoms with Crippen LogP contribution in [0.15, 0.2) is 53.0 Å². The molecular formula is C17H15BrN2. The second-order valence-electron chi connectivity index (χ2n) is 5.25. The molecule has 2 N–H and O–H groups in total. The van der Waals surface area contributed by atoms with Crippen LogP contribution in [0.5, 0.6) is 0 Å². The lowest BCUT2D eigenvalue weighted by Crippen LogP contribution is -2.30. The van der Waals surface area contributed by atoms with Gasteiger partial charge in [0.25, 0.3) is 0 Å². The van der Waals surface area contributed by atoms with Crippen LogP contribution in [0.4, 0.5) is 0 Å². The fourth-order valence-corrected chi connectivity index (χ4v) is 3.49. The number of aromatic amines is 1. The monoisotopic (exact) mass is 326 g/mol. The van der Waals surface area contributed by atoms with E-state index in [1.54, 1.807) is 0 Å². The van der Waals surface area contributed by atoms with Crippen molar-refractivity contribution in [3.05, 3.63) is 69.8 Å². The molecule has 2 aromatic carbocycles. The smallest absolute Gasteiger partial charge is 0.0732 e. The highest BCUT2D eigenvalue weighted by Crippen LogP contribution is 2.34. The van der Waals surface area contributed by atoms with Gasteiger partial charge in [0.05, 0.1) is 6.04 Å². The Hall–Kier alpha value is -1.58. The lowest BCUT2D eigenvalue weighted by Gasteiger charge is -2.24. The average Bonchev–Trinajstić information content (AvgIpc) is 2.86. The molecule has 20 heavy (non-hydrogen) atoms. The molecule has 0 saturated heterocycles. The molecule has 2 nitrogen and oxygen atoms in total. The number of hydrogen-bond acceptors (Lipinski definition) is 1. The molecule has 3 heteroatoms. The molecule has 0 saturated carbocycles. The molecule has 0 radical (unpaired) electrons. The van der Waals surface area contributed by atoms with E-state index in [1.165, 1.54) is 27.7 Å². The quantitative estimate of drug-likeness (QED) is 0.690. The van der Waals surface area contributed by atoms with Crippen LogP contribution in [0.3, 0.4) is 0 Å². The molecule has 1 aliphatic heterocycles. The van der Waals surface area contributed by atoms with Crippen LogP contribution in [0.2, 0.25) is 0 Å². The Morgan fingerprint density at radius 1 is 1.05 bits per heavy atom. The van der Waals surface area contributed by atoms with Gasteiger partial charge >= 0.3 is 0 Å². The summed E-state index contributed by atoms with van der Waals surface area (Å²) in [4.78, 5) is 3.61. The first-order valence-corrected chi connectivity index (χ1v) is 7.70. The van der Waals surface area contributed by atoms with Gasteiger partial charge in [-0.2, -0.15) is 0 Å². The molecule has 100 valence electrons. The Balaban J connectivity index is 1.91. The van der Waals surface area contributed by atoms with Crippen LogP contribution in [0.25, 0.3) is 10.9 Å². The van der Waals surface area contributed by atoms with Crippen molar-refractivity contribution in [1.82, 2.24) is 10.3 Å². The number of H-pyrrole nitrogens is 1. The summed E-state index contributed by atoms with van der Waals surface area (Å²) in [6, 6.07) is 17.4. The number of aromatic nitrogens is 1. The lowest BCUT2D eigenvalue weighted by atomic mass is 9.94. The van der Waals surface area contributed by atoms with Crippen LogP contribution < -0.4 is 5.32 Å². The fourth-order valence-electron chi connectivity index (χ4n) is 3.13. The molecule has 3 aromatic rings. The van der Waals surface area contributed by atoms with Crippen LogP contribution in [-0.4, -0.2) is 11.5 Å². The number of fused-ring (bicyclic) bond motifs is 3. The largest absolute Gasteiger partial charge is 0.357 e. The van der Waals surface area contributed by atoms with E-state index in [-0.39, 0.29) is 6.04 Å². The lowest BCUT2D eigenvalue weighted by molar-refractivity contribution is 0.560. The van der Waals surface area contributed by atoms with Crippen molar-refractivity contribution in [3.63, 3.8) is 0 Å². The predicted octanol–water partition coefficient (Wildman–Crippen LogP) is 4.17. The minimum atomic E-state index is 0.270. The summed E-state index contributed by atoms with van der Waals surface area (Å²) in [6.07, 6.45) is 1.08. The third kappa shape index (κ3) is 1.89. The van der Waals surface area contributed by atoms with Crippen LogP contribution in [0, 0.1) is 0 Å². The first-order valence-electron chi connectivity index (χ1n) is 6.91. The third-order valence-electron chi connectivity index (χ3n) is 4.05. The highest BCUT2D eigenvalue weighted by atomic mass is 79.9. The van der Waals surface area contributed by atoms with Crippen LogP contribution in [0.1, 0.15) is 22.9 Å². The van der Waals surface area contributed by atoms with E-state index in [9.17, 15) is 0 Å². The van der Waals surface area contributed by atoms with Gasteiger partial charge in [0.1, 0.15) is 0 Å². The SMILES string of the molecule is Brc1ccc2[nH]c3c(c2c1)CCNC3c1ccccc1. The van der Waals surface area contributed by atoms with Gasteiger partial charge in [-0.1, -0.05) is 46.3 Å². The van der Waals surface area contributed by atoms with Crippen LogP contribution >= 0.6 is 15.9 Å². The zero-order valence-electron chi connectivity index (χ0n) is 11.0. The number of rotatable bonds is 1. The van der Waals surface area contributed by atoms with Crippen molar-refractivity contribution in [3.8, 4) is 0 Å². The van der Waals surface area contributed by atoms with E-state index in [0.717, 1.165) is 17.4 Å². The zero-order valence-corrected chi connectivity index (χ0v) is 12.6. The van der Waals surface area contributed by atoms with Crippen molar-refractivity contribution in [2.75, 3.05) is 6.54 Å². The van der Waals surface area contributed by atoms with Crippen molar-refractivity contribution >= 4 is 26.8 Å². The standard InChI is InChI=1S/C17H15BrN2/c18-12-6-7-15-14(10-12)13-8-9-19-16(17(13)20-15)11-4-2-1-3-5-11/h1-7,10,16,19-20H,8-9H2. The van der Waals surface area contributed by atoms with Gasteiger partial charge < -0.3 is 10.3 Å². The highest BCUT2D eigenvalue weighted by Gasteiger charge is 2.24. The first kappa shape index (κ1) is 12.2. The number of benzene rings is 2. The summed E-state index contributed by atoms with van der Waals surface area (Å²) in [6.45, 7) is 1.02. The Morgan fingerprint density at radius 3 is 2.75 bits per heavy atom. The van der Waals surface area contributed by atoms with Crippen molar-refractivity contribution in [1.29, 1.82) is 0 Å². The van der Waals surface area contributed by atoms with Gasteiger partial charge in [0.15, 0.2) is 0 Å². The van der Waals surface area contributed by atoms with Gasteiger partial charge in [-0.15, -0.1) is 0 Å². The maximum Gasteiger partial charge on any atom is 0.0732 e. The van der Waals surface area contributed by atoms with Gasteiger partial charge in [0.2, 0.25) is 0 Å². The van der Waals surface area contributed by atoms with E-state index in [4.69, 9.17) is 0 Å². The van der Waals surface area contributed by atoms with E-state index in [0.29, 0.717) is 0 Å². The normalized spacial score (nSPS) is 18.1. The second-order valence-corrected chi connectivity index (χ2v) is 6.17. The number of nitrogens with one attached hydrogen (secondary N) is 2. The molecule has 0 spiro atoms. The molecule has 0 bridgehead atoms. The minimum absolute atomic E-state index is 0.270. The summed E-state index contributed by atoms with van der Waals surface area (Å²) >= 11 is 3.58. The second kappa shape index (κ2) is 4.76. The van der Waals surface area contributed by atoms with Gasteiger partial charge in [-0.05, 0) is 35.7 Å². The van der Waals surface area contributed by atoms with Gasteiger partial charge in [-0.25, -0.2) is 0 Å². The maximum absolute atomic E-state index is 3.62. The number of hydrogen-bond donors (Lipinski definition) is 2. The molecule has 0 aliphatic carbocycles. The Morgan fingerprint density at radius 2 is 1.90 bits per heavy atom.